The molecule has 2 rings (SSSR count). The zero-order chi connectivity index (χ0) is 17.5. The van der Waals surface area contributed by atoms with Crippen molar-refractivity contribution in [2.24, 2.45) is 0 Å². The van der Waals surface area contributed by atoms with Crippen molar-refractivity contribution in [1.29, 1.82) is 0 Å². The van der Waals surface area contributed by atoms with Crippen LogP contribution >= 0.6 is 11.6 Å². The van der Waals surface area contributed by atoms with E-state index in [1.54, 1.807) is 49.4 Å². The predicted octanol–water partition coefficient (Wildman–Crippen LogP) is 3.92. The second-order valence-electron chi connectivity index (χ2n) is 5.23. The molecular formula is C18H19ClFNO3. The molecule has 0 N–H and O–H groups in total. The highest BCUT2D eigenvalue weighted by Crippen LogP contribution is 2.24. The van der Waals surface area contributed by atoms with Gasteiger partial charge in [0.05, 0.1) is 20.1 Å². The molecule has 2 aromatic rings. The van der Waals surface area contributed by atoms with Gasteiger partial charge in [-0.1, -0.05) is 23.7 Å². The average Bonchev–Trinajstić information content (AvgIpc) is 2.56. The fraction of sp³-hybridized carbons (Fsp3) is 0.278. The third kappa shape index (κ3) is 4.86. The molecule has 6 heteroatoms. The maximum absolute atomic E-state index is 13.4. The average molecular weight is 352 g/mol. The van der Waals surface area contributed by atoms with Gasteiger partial charge in [0.1, 0.15) is 5.75 Å². The van der Waals surface area contributed by atoms with Crippen molar-refractivity contribution in [3.63, 3.8) is 0 Å². The van der Waals surface area contributed by atoms with Crippen molar-refractivity contribution in [2.75, 3.05) is 20.8 Å². The van der Waals surface area contributed by atoms with Crippen LogP contribution in [-0.4, -0.2) is 31.6 Å². The smallest absolute Gasteiger partial charge is 0.226 e. The number of benzene rings is 2. The summed E-state index contributed by atoms with van der Waals surface area (Å²) in [5, 5.41) is 0.578. The number of amides is 1. The molecule has 0 saturated heterocycles. The molecule has 0 aliphatic carbocycles. The monoisotopic (exact) mass is 351 g/mol. The van der Waals surface area contributed by atoms with Gasteiger partial charge in [-0.2, -0.15) is 0 Å². The molecule has 0 fully saturated rings. The number of carbonyl (C=O) groups excluding carboxylic acids is 1. The summed E-state index contributed by atoms with van der Waals surface area (Å²) >= 11 is 5.99. The number of methoxy groups -OCH3 is 1. The van der Waals surface area contributed by atoms with Gasteiger partial charge in [0.15, 0.2) is 11.6 Å². The molecule has 0 radical (unpaired) electrons. The Morgan fingerprint density at radius 2 is 1.96 bits per heavy atom. The van der Waals surface area contributed by atoms with E-state index in [0.717, 1.165) is 5.56 Å². The number of halogens is 2. The molecule has 0 bridgehead atoms. The summed E-state index contributed by atoms with van der Waals surface area (Å²) in [4.78, 5) is 13.7. The van der Waals surface area contributed by atoms with E-state index >= 15 is 0 Å². The summed E-state index contributed by atoms with van der Waals surface area (Å²) in [6, 6.07) is 11.4. The number of carbonyl (C=O) groups is 1. The van der Waals surface area contributed by atoms with Crippen LogP contribution in [0.3, 0.4) is 0 Å². The topological polar surface area (TPSA) is 38.8 Å². The lowest BCUT2D eigenvalue weighted by molar-refractivity contribution is -0.130. The summed E-state index contributed by atoms with van der Waals surface area (Å²) in [5.41, 5.74) is 0.816. The minimum atomic E-state index is -0.443. The molecule has 128 valence electrons. The largest absolute Gasteiger partial charge is 0.496 e. The standard InChI is InChI=1S/C18H19ClFNO3/c1-21(12-13-11-14(19)7-8-16(13)23-2)18(22)9-10-24-17-6-4-3-5-15(17)20/h3-8,11H,9-10,12H2,1-2H3. The van der Waals surface area contributed by atoms with Crippen LogP contribution in [0.15, 0.2) is 42.5 Å². The van der Waals surface area contributed by atoms with Crippen LogP contribution in [0.1, 0.15) is 12.0 Å². The van der Waals surface area contributed by atoms with Crippen molar-refractivity contribution in [1.82, 2.24) is 4.90 Å². The van der Waals surface area contributed by atoms with Gasteiger partial charge in [-0.15, -0.1) is 0 Å². The van der Waals surface area contributed by atoms with Crippen molar-refractivity contribution < 1.29 is 18.7 Å². The molecule has 0 saturated carbocycles. The van der Waals surface area contributed by atoms with E-state index in [1.807, 2.05) is 0 Å². The Labute approximate surface area is 145 Å². The maximum atomic E-state index is 13.4. The van der Waals surface area contributed by atoms with Crippen molar-refractivity contribution in [2.45, 2.75) is 13.0 Å². The first kappa shape index (κ1) is 18.1. The minimum absolute atomic E-state index is 0.108. The van der Waals surface area contributed by atoms with Gasteiger partial charge >= 0.3 is 0 Å². The van der Waals surface area contributed by atoms with Gasteiger partial charge in [-0.3, -0.25) is 4.79 Å². The number of hydrogen-bond donors (Lipinski definition) is 0. The summed E-state index contributed by atoms with van der Waals surface area (Å²) in [6.45, 7) is 0.471. The van der Waals surface area contributed by atoms with Crippen LogP contribution in [0.25, 0.3) is 0 Å². The van der Waals surface area contributed by atoms with Crippen LogP contribution in [-0.2, 0) is 11.3 Å². The minimum Gasteiger partial charge on any atom is -0.496 e. The Morgan fingerprint density at radius 3 is 2.67 bits per heavy atom. The normalized spacial score (nSPS) is 10.3. The maximum Gasteiger partial charge on any atom is 0.226 e. The zero-order valence-electron chi connectivity index (χ0n) is 13.6. The van der Waals surface area contributed by atoms with E-state index in [9.17, 15) is 9.18 Å². The van der Waals surface area contributed by atoms with Crippen LogP contribution in [0, 0.1) is 5.82 Å². The molecule has 0 heterocycles. The Morgan fingerprint density at radius 1 is 1.21 bits per heavy atom. The van der Waals surface area contributed by atoms with Crippen molar-refractivity contribution in [3.8, 4) is 11.5 Å². The number of para-hydroxylation sites is 1. The fourth-order valence-corrected chi connectivity index (χ4v) is 2.41. The Bertz CT molecular complexity index is 708. The highest BCUT2D eigenvalue weighted by molar-refractivity contribution is 6.30. The fourth-order valence-electron chi connectivity index (χ4n) is 2.22. The van der Waals surface area contributed by atoms with E-state index in [-0.39, 0.29) is 24.7 Å². The lowest BCUT2D eigenvalue weighted by Crippen LogP contribution is -2.27. The van der Waals surface area contributed by atoms with Gasteiger partial charge in [0.25, 0.3) is 0 Å². The molecule has 0 atom stereocenters. The van der Waals surface area contributed by atoms with Gasteiger partial charge in [0.2, 0.25) is 5.91 Å². The van der Waals surface area contributed by atoms with Gasteiger partial charge in [-0.05, 0) is 30.3 Å². The van der Waals surface area contributed by atoms with Gasteiger partial charge in [-0.25, -0.2) is 4.39 Å². The first-order valence-electron chi connectivity index (χ1n) is 7.45. The Kier molecular flexibility index (Phi) is 6.44. The first-order chi connectivity index (χ1) is 11.5. The van der Waals surface area contributed by atoms with Crippen LogP contribution in [0.2, 0.25) is 5.02 Å². The number of nitrogens with zero attached hydrogens (tertiary/aromatic N) is 1. The molecule has 2 aromatic carbocycles. The van der Waals surface area contributed by atoms with Gasteiger partial charge < -0.3 is 14.4 Å². The molecule has 4 nitrogen and oxygen atoms in total. The lowest BCUT2D eigenvalue weighted by Gasteiger charge is -2.19. The van der Waals surface area contributed by atoms with E-state index in [1.165, 1.54) is 12.1 Å². The SMILES string of the molecule is COc1ccc(Cl)cc1CN(C)C(=O)CCOc1ccccc1F. The molecular weight excluding hydrogens is 333 g/mol. The summed E-state index contributed by atoms with van der Waals surface area (Å²) in [7, 11) is 3.25. The zero-order valence-corrected chi connectivity index (χ0v) is 14.3. The summed E-state index contributed by atoms with van der Waals surface area (Å²) in [6.07, 6.45) is 0.147. The second-order valence-corrected chi connectivity index (χ2v) is 5.67. The number of rotatable bonds is 7. The Balaban J connectivity index is 1.88. The van der Waals surface area contributed by atoms with Crippen LogP contribution < -0.4 is 9.47 Å². The van der Waals surface area contributed by atoms with E-state index < -0.39 is 5.82 Å². The number of ether oxygens (including phenoxy) is 2. The third-order valence-electron chi connectivity index (χ3n) is 3.49. The molecule has 24 heavy (non-hydrogen) atoms. The molecule has 0 spiro atoms. The molecule has 0 unspecified atom stereocenters. The highest BCUT2D eigenvalue weighted by atomic mass is 35.5. The number of hydrogen-bond acceptors (Lipinski definition) is 3. The van der Waals surface area contributed by atoms with E-state index in [4.69, 9.17) is 21.1 Å². The summed E-state index contributed by atoms with van der Waals surface area (Å²) in [5.74, 6) is 0.251. The third-order valence-corrected chi connectivity index (χ3v) is 3.72. The highest BCUT2D eigenvalue weighted by Gasteiger charge is 2.13. The second kappa shape index (κ2) is 8.55. The quantitative estimate of drug-likeness (QED) is 0.759. The predicted molar refractivity (Wildman–Crippen MR) is 91.0 cm³/mol. The van der Waals surface area contributed by atoms with Crippen LogP contribution in [0.5, 0.6) is 11.5 Å². The van der Waals surface area contributed by atoms with E-state index in [2.05, 4.69) is 0 Å². The molecule has 0 aliphatic heterocycles. The molecule has 0 aromatic heterocycles. The molecule has 1 amide bonds. The molecule has 0 aliphatic rings. The Hall–Kier alpha value is -2.27. The van der Waals surface area contributed by atoms with E-state index in [0.29, 0.717) is 17.3 Å². The first-order valence-corrected chi connectivity index (χ1v) is 7.82. The van der Waals surface area contributed by atoms with Crippen molar-refractivity contribution in [3.05, 3.63) is 58.9 Å². The van der Waals surface area contributed by atoms with Gasteiger partial charge in [0, 0.05) is 24.2 Å². The lowest BCUT2D eigenvalue weighted by atomic mass is 10.2. The van der Waals surface area contributed by atoms with Crippen molar-refractivity contribution >= 4 is 17.5 Å². The summed E-state index contributed by atoms with van der Waals surface area (Å²) < 4.78 is 24.0. The van der Waals surface area contributed by atoms with Crippen LogP contribution in [0.4, 0.5) is 4.39 Å².